The molecule has 0 bridgehead atoms. The van der Waals surface area contributed by atoms with Crippen molar-refractivity contribution in [3.63, 3.8) is 0 Å². The van der Waals surface area contributed by atoms with E-state index in [1.54, 1.807) is 78.9 Å². The summed E-state index contributed by atoms with van der Waals surface area (Å²) in [7, 11) is 0. The average molecular weight is 628 g/mol. The van der Waals surface area contributed by atoms with Crippen LogP contribution in [0, 0.1) is 6.92 Å². The van der Waals surface area contributed by atoms with Crippen molar-refractivity contribution < 1.29 is 23.8 Å². The van der Waals surface area contributed by atoms with Gasteiger partial charge in [-0.25, -0.2) is 10.2 Å². The van der Waals surface area contributed by atoms with Gasteiger partial charge < -0.3 is 14.2 Å². The number of rotatable bonds is 9. The van der Waals surface area contributed by atoms with Crippen molar-refractivity contribution in [1.29, 1.82) is 0 Å². The Labute approximate surface area is 243 Å². The Morgan fingerprint density at radius 1 is 0.846 bits per heavy atom. The number of hydrogen-bond acceptors (Lipinski definition) is 6. The number of amides is 1. The maximum absolute atomic E-state index is 13.0. The van der Waals surface area contributed by atoms with Gasteiger partial charge in [0.05, 0.1) is 11.8 Å². The van der Waals surface area contributed by atoms with Crippen LogP contribution in [-0.4, -0.2) is 24.4 Å². The van der Waals surface area contributed by atoms with E-state index >= 15 is 0 Å². The Balaban J connectivity index is 1.49. The highest BCUT2D eigenvalue weighted by Crippen LogP contribution is 2.24. The SMILES string of the molecule is Cc1ccc(C(=O)Oc2ccc(Br)cc2/C=N\NC(=O)C(Oc2ccc(Cl)cc2)Oc2ccc(Cl)cc2)cc1. The van der Waals surface area contributed by atoms with Crippen LogP contribution in [0.15, 0.2) is 101 Å². The lowest BCUT2D eigenvalue weighted by Crippen LogP contribution is -2.40. The summed E-state index contributed by atoms with van der Waals surface area (Å²) in [5.74, 6) is -0.245. The van der Waals surface area contributed by atoms with Crippen molar-refractivity contribution in [3.8, 4) is 17.2 Å². The molecule has 1 N–H and O–H groups in total. The Hall–Kier alpha value is -3.85. The summed E-state index contributed by atoms with van der Waals surface area (Å²) >= 11 is 15.3. The van der Waals surface area contributed by atoms with Crippen LogP contribution in [0.5, 0.6) is 17.2 Å². The normalized spacial score (nSPS) is 10.9. The molecule has 0 aromatic heterocycles. The number of hydrazone groups is 1. The highest BCUT2D eigenvalue weighted by molar-refractivity contribution is 9.10. The van der Waals surface area contributed by atoms with Crippen LogP contribution in [0.3, 0.4) is 0 Å². The Morgan fingerprint density at radius 2 is 1.41 bits per heavy atom. The Morgan fingerprint density at radius 3 is 1.97 bits per heavy atom. The summed E-state index contributed by atoms with van der Waals surface area (Å²) in [5, 5.41) is 5.06. The average Bonchev–Trinajstić information content (AvgIpc) is 2.92. The van der Waals surface area contributed by atoms with Crippen LogP contribution in [0.4, 0.5) is 0 Å². The summed E-state index contributed by atoms with van der Waals surface area (Å²) in [6, 6.07) is 25.0. The van der Waals surface area contributed by atoms with Gasteiger partial charge in [0, 0.05) is 20.1 Å². The Kier molecular flexibility index (Phi) is 9.59. The maximum Gasteiger partial charge on any atom is 0.343 e. The maximum atomic E-state index is 13.0. The van der Waals surface area contributed by atoms with E-state index in [1.807, 2.05) is 19.1 Å². The highest BCUT2D eigenvalue weighted by atomic mass is 79.9. The van der Waals surface area contributed by atoms with Gasteiger partial charge in [0.15, 0.2) is 0 Å². The second-order valence-corrected chi connectivity index (χ2v) is 9.94. The minimum atomic E-state index is -1.40. The van der Waals surface area contributed by atoms with Crippen molar-refractivity contribution in [3.05, 3.63) is 122 Å². The zero-order valence-corrected chi connectivity index (χ0v) is 23.5. The summed E-state index contributed by atoms with van der Waals surface area (Å²) in [5.41, 5.74) is 4.28. The molecule has 0 aliphatic rings. The molecule has 0 fully saturated rings. The molecule has 4 aromatic carbocycles. The second kappa shape index (κ2) is 13.3. The standard InChI is InChI=1S/C29H21BrCl2N2O5/c1-18-2-4-19(5-3-18)28(36)39-26-15-6-21(30)16-20(26)17-33-34-27(35)29(37-24-11-7-22(31)8-12-24)38-25-13-9-23(32)10-14-25/h2-17,29H,1H3,(H,34,35)/b33-17-. The fourth-order valence-electron chi connectivity index (χ4n) is 3.18. The summed E-state index contributed by atoms with van der Waals surface area (Å²) in [4.78, 5) is 25.6. The molecule has 10 heteroatoms. The van der Waals surface area contributed by atoms with Gasteiger partial charge in [0.1, 0.15) is 17.2 Å². The number of halogens is 3. The third-order valence-corrected chi connectivity index (χ3v) is 6.16. The number of ether oxygens (including phenoxy) is 3. The minimum absolute atomic E-state index is 0.258. The molecule has 1 amide bonds. The molecule has 4 aromatic rings. The first-order chi connectivity index (χ1) is 18.8. The summed E-state index contributed by atoms with van der Waals surface area (Å²) < 4.78 is 17.8. The number of hydrogen-bond donors (Lipinski definition) is 1. The van der Waals surface area contributed by atoms with Crippen LogP contribution < -0.4 is 19.6 Å². The second-order valence-electron chi connectivity index (χ2n) is 8.15. The van der Waals surface area contributed by atoms with Crippen molar-refractivity contribution in [2.75, 3.05) is 0 Å². The predicted octanol–water partition coefficient (Wildman–Crippen LogP) is 7.22. The van der Waals surface area contributed by atoms with E-state index < -0.39 is 18.2 Å². The van der Waals surface area contributed by atoms with Crippen molar-refractivity contribution >= 4 is 57.2 Å². The molecule has 7 nitrogen and oxygen atoms in total. The first-order valence-corrected chi connectivity index (χ1v) is 13.1. The van der Waals surface area contributed by atoms with E-state index in [2.05, 4.69) is 26.5 Å². The van der Waals surface area contributed by atoms with Gasteiger partial charge in [0.2, 0.25) is 0 Å². The van der Waals surface area contributed by atoms with E-state index in [9.17, 15) is 9.59 Å². The summed E-state index contributed by atoms with van der Waals surface area (Å²) in [6.07, 6.45) is -0.0481. The largest absolute Gasteiger partial charge is 0.446 e. The van der Waals surface area contributed by atoms with Gasteiger partial charge in [-0.15, -0.1) is 0 Å². The Bertz CT molecular complexity index is 1430. The molecule has 39 heavy (non-hydrogen) atoms. The van der Waals surface area contributed by atoms with E-state index in [0.717, 1.165) is 10.0 Å². The minimum Gasteiger partial charge on any atom is -0.446 e. The van der Waals surface area contributed by atoms with Crippen LogP contribution >= 0.6 is 39.1 Å². The van der Waals surface area contributed by atoms with Gasteiger partial charge in [-0.2, -0.15) is 5.10 Å². The summed E-state index contributed by atoms with van der Waals surface area (Å²) in [6.45, 7) is 1.93. The zero-order chi connectivity index (χ0) is 27.8. The van der Waals surface area contributed by atoms with E-state index in [0.29, 0.717) is 32.7 Å². The molecule has 0 unspecified atom stereocenters. The van der Waals surface area contributed by atoms with Crippen LogP contribution in [0.2, 0.25) is 10.0 Å². The third kappa shape index (κ3) is 8.32. The topological polar surface area (TPSA) is 86.2 Å². The van der Waals surface area contributed by atoms with E-state index in [4.69, 9.17) is 37.4 Å². The van der Waals surface area contributed by atoms with Crippen molar-refractivity contribution in [1.82, 2.24) is 5.43 Å². The lowest BCUT2D eigenvalue weighted by Gasteiger charge is -2.19. The van der Waals surface area contributed by atoms with Gasteiger partial charge in [0.25, 0.3) is 0 Å². The number of carbonyl (C=O) groups excluding carboxylic acids is 2. The van der Waals surface area contributed by atoms with Crippen molar-refractivity contribution in [2.45, 2.75) is 13.2 Å². The monoisotopic (exact) mass is 626 g/mol. The van der Waals surface area contributed by atoms with Crippen LogP contribution in [-0.2, 0) is 4.79 Å². The van der Waals surface area contributed by atoms with Crippen LogP contribution in [0.25, 0.3) is 0 Å². The lowest BCUT2D eigenvalue weighted by atomic mass is 10.1. The predicted molar refractivity (Wildman–Crippen MR) is 154 cm³/mol. The number of nitrogens with one attached hydrogen (secondary N) is 1. The van der Waals surface area contributed by atoms with Crippen LogP contribution in [0.1, 0.15) is 21.5 Å². The fraction of sp³-hybridized carbons (Fsp3) is 0.0690. The van der Waals surface area contributed by atoms with E-state index in [1.165, 1.54) is 6.21 Å². The molecule has 0 atom stereocenters. The lowest BCUT2D eigenvalue weighted by molar-refractivity contribution is -0.140. The van der Waals surface area contributed by atoms with Crippen molar-refractivity contribution in [2.24, 2.45) is 5.10 Å². The van der Waals surface area contributed by atoms with Gasteiger partial charge in [-0.1, -0.05) is 56.8 Å². The molecule has 0 saturated carbocycles. The molecule has 0 spiro atoms. The molecule has 0 aliphatic heterocycles. The smallest absolute Gasteiger partial charge is 0.343 e. The highest BCUT2D eigenvalue weighted by Gasteiger charge is 2.23. The number of aryl methyl sites for hydroxylation is 1. The van der Waals surface area contributed by atoms with Gasteiger partial charge >= 0.3 is 18.2 Å². The third-order valence-electron chi connectivity index (χ3n) is 5.17. The first kappa shape index (κ1) is 28.2. The first-order valence-electron chi connectivity index (χ1n) is 11.5. The molecule has 0 radical (unpaired) electrons. The molecular weight excluding hydrogens is 607 g/mol. The fourth-order valence-corrected chi connectivity index (χ4v) is 3.82. The number of esters is 1. The van der Waals surface area contributed by atoms with E-state index in [-0.39, 0.29) is 5.75 Å². The molecule has 0 heterocycles. The number of benzene rings is 4. The molecule has 198 valence electrons. The number of carbonyl (C=O) groups is 2. The molecule has 0 saturated heterocycles. The molecular formula is C29H21BrCl2N2O5. The quantitative estimate of drug-likeness (QED) is 0.0696. The van der Waals surface area contributed by atoms with Gasteiger partial charge in [-0.3, -0.25) is 4.79 Å². The zero-order valence-electron chi connectivity index (χ0n) is 20.4. The molecule has 0 aliphatic carbocycles. The van der Waals surface area contributed by atoms with Gasteiger partial charge in [-0.05, 0) is 85.8 Å². The number of nitrogens with zero attached hydrogens (tertiary/aromatic N) is 1. The molecule has 4 rings (SSSR count).